The van der Waals surface area contributed by atoms with E-state index in [-0.39, 0.29) is 52.3 Å². The first-order valence-corrected chi connectivity index (χ1v) is 41.2. The van der Waals surface area contributed by atoms with Crippen molar-refractivity contribution in [3.63, 3.8) is 0 Å². The van der Waals surface area contributed by atoms with Gasteiger partial charge in [-0.3, -0.25) is 28.8 Å². The number of terminal acetylenes is 2. The average molecular weight is 1390 g/mol. The summed E-state index contributed by atoms with van der Waals surface area (Å²) < 4.78 is 22.8. The van der Waals surface area contributed by atoms with Crippen molar-refractivity contribution in [1.82, 2.24) is 0 Å². The summed E-state index contributed by atoms with van der Waals surface area (Å²) in [5.74, 6) is 15.8. The van der Waals surface area contributed by atoms with Crippen molar-refractivity contribution in [2.24, 2.45) is 126 Å². The van der Waals surface area contributed by atoms with Gasteiger partial charge < -0.3 is 18.9 Å². The number of carbonyl (C=O) groups excluding carboxylic acids is 6. The van der Waals surface area contributed by atoms with E-state index in [1.165, 1.54) is 133 Å². The molecule has 0 N–H and O–H groups in total. The lowest BCUT2D eigenvalue weighted by molar-refractivity contribution is -0.178. The van der Waals surface area contributed by atoms with Crippen molar-refractivity contribution in [2.45, 2.75) is 325 Å². The Balaban J connectivity index is 0.000000122. The molecule has 16 rings (SSSR count). The van der Waals surface area contributed by atoms with Gasteiger partial charge in [-0.25, -0.2) is 0 Å². The molecule has 0 aliphatic heterocycles. The molecule has 16 aliphatic rings. The van der Waals surface area contributed by atoms with Crippen LogP contribution in [0.4, 0.5) is 0 Å². The highest BCUT2D eigenvalue weighted by molar-refractivity contribution is 5.92. The summed E-state index contributed by atoms with van der Waals surface area (Å²) in [5, 5.41) is 0. The van der Waals surface area contributed by atoms with Crippen molar-refractivity contribution in [3.05, 3.63) is 59.1 Å². The smallest absolute Gasteiger partial charge is 0.304 e. The van der Waals surface area contributed by atoms with E-state index in [0.29, 0.717) is 86.5 Å². The molecule has 0 aromatic carbocycles. The van der Waals surface area contributed by atoms with Gasteiger partial charge in [-0.05, 0) is 344 Å². The molecule has 16 aliphatic carbocycles. The van der Waals surface area contributed by atoms with Gasteiger partial charge in [0, 0.05) is 51.4 Å². The van der Waals surface area contributed by atoms with Crippen LogP contribution in [0, 0.1) is 151 Å². The van der Waals surface area contributed by atoms with Crippen LogP contribution in [0.2, 0.25) is 0 Å². The van der Waals surface area contributed by atoms with Gasteiger partial charge in [0.05, 0.1) is 0 Å². The number of fused-ring (bicyclic) bond motifs is 20. The molecule has 26 atom stereocenters. The van der Waals surface area contributed by atoms with E-state index in [1.807, 2.05) is 12.2 Å². The molecule has 102 heavy (non-hydrogen) atoms. The zero-order valence-corrected chi connectivity index (χ0v) is 65.1. The van der Waals surface area contributed by atoms with Crippen LogP contribution in [0.25, 0.3) is 0 Å². The highest BCUT2D eigenvalue weighted by atomic mass is 16.6. The third-order valence-electron chi connectivity index (χ3n) is 35.2. The number of esters is 4. The van der Waals surface area contributed by atoms with E-state index in [4.69, 9.17) is 31.8 Å². The average Bonchev–Trinajstić information content (AvgIpc) is 1.45. The van der Waals surface area contributed by atoms with Crippen LogP contribution in [-0.2, 0) is 47.7 Å². The lowest BCUT2D eigenvalue weighted by Crippen LogP contribution is -2.57. The van der Waals surface area contributed by atoms with Crippen molar-refractivity contribution >= 4 is 35.4 Å². The molecule has 0 bridgehead atoms. The number of ketones is 2. The number of ether oxygens (including phenoxy) is 4. The zero-order chi connectivity index (χ0) is 73.1. The minimum absolute atomic E-state index is 0.0977. The predicted molar refractivity (Wildman–Crippen MR) is 400 cm³/mol. The Kier molecular flexibility index (Phi) is 20.3. The maximum atomic E-state index is 11.9. The van der Waals surface area contributed by atoms with Crippen molar-refractivity contribution in [2.75, 3.05) is 0 Å². The molecular formula is C92H128O10. The molecule has 10 nitrogen and oxygen atoms in total. The van der Waals surface area contributed by atoms with E-state index in [1.54, 1.807) is 6.92 Å². The van der Waals surface area contributed by atoms with Gasteiger partial charge in [0.2, 0.25) is 0 Å². The Morgan fingerprint density at radius 2 is 0.735 bits per heavy atom. The second-order valence-electron chi connectivity index (χ2n) is 38.7. The van der Waals surface area contributed by atoms with E-state index in [0.717, 1.165) is 163 Å². The first-order chi connectivity index (χ1) is 48.3. The van der Waals surface area contributed by atoms with Crippen molar-refractivity contribution in [1.29, 1.82) is 0 Å². The van der Waals surface area contributed by atoms with Gasteiger partial charge in [0.1, 0.15) is 12.2 Å². The molecule has 0 radical (unpaired) electrons. The second kappa shape index (κ2) is 27.6. The first kappa shape index (κ1) is 75.1. The van der Waals surface area contributed by atoms with E-state index in [9.17, 15) is 28.8 Å². The maximum absolute atomic E-state index is 11.9. The fourth-order valence-electron chi connectivity index (χ4n) is 29.8. The van der Waals surface area contributed by atoms with E-state index in [2.05, 4.69) is 91.9 Å². The van der Waals surface area contributed by atoms with E-state index < -0.39 is 11.2 Å². The standard InChI is InChI=1S/C25H36O4.C23H30O3.C23H34O2.C21H28O/c1-6-25(29-17(3)27)14-11-22-20-8-7-18-15-19(28-16(2)26)9-12-23(18,4)21(20)10-13-24(22,25)5;1-5-23(26-15(2)24)13-10-20-18-7-6-16-14-17(25)8-11-21(16,3)19(18)9-12-22(20,23)4;1-5-16-7-9-20-19-8-6-17-14-18(25-15(2)24)10-12-23(17,4)21(19)11-13-22(16,20)3;1-4-14-6-8-18-17-7-5-15-13-16(22)9-11-21(15,3)19(17)10-12-20(14,18)2/h1,18-22H,7-15H2,2-5H3;1,14,18-20H,6-13H2,2-4H3;17-21H,1,6-14H2,2-4H3;13,17-19H,1,5-12H2,2-3H3/t18?,19?,20?,21?,22?,23-,24-,25?;18?,19?,20?,21-,22-,23?;17?,18?,19?,20?,21?,22-,23+;17?,18?,19?,20-,21+/m0011/s1. The molecule has 0 saturated heterocycles. The minimum atomic E-state index is -0.742. The van der Waals surface area contributed by atoms with Crippen LogP contribution in [0.15, 0.2) is 59.1 Å². The molecule has 0 aromatic heterocycles. The number of hydrogen-bond donors (Lipinski definition) is 0. The van der Waals surface area contributed by atoms with Gasteiger partial charge in [0.15, 0.2) is 22.8 Å². The Morgan fingerprint density at radius 3 is 1.13 bits per heavy atom. The third-order valence-corrected chi connectivity index (χ3v) is 35.2. The zero-order valence-electron chi connectivity index (χ0n) is 65.1. The summed E-state index contributed by atoms with van der Waals surface area (Å²) in [7, 11) is 0. The quantitative estimate of drug-likeness (QED) is 0.116. The van der Waals surface area contributed by atoms with Crippen LogP contribution < -0.4 is 0 Å². The van der Waals surface area contributed by atoms with Crippen LogP contribution in [0.5, 0.6) is 0 Å². The first-order valence-electron chi connectivity index (χ1n) is 41.2. The molecule has 0 aromatic rings. The summed E-state index contributed by atoms with van der Waals surface area (Å²) in [6, 6.07) is 0. The molecule has 0 amide bonds. The van der Waals surface area contributed by atoms with Gasteiger partial charge in [-0.15, -0.1) is 24.3 Å². The molecule has 18 unspecified atom stereocenters. The summed E-state index contributed by atoms with van der Waals surface area (Å²) >= 11 is 0. The predicted octanol–water partition coefficient (Wildman–Crippen LogP) is 20.3. The van der Waals surface area contributed by atoms with Crippen LogP contribution >= 0.6 is 0 Å². The lowest BCUT2D eigenvalue weighted by Gasteiger charge is -2.61. The van der Waals surface area contributed by atoms with Crippen LogP contribution in [0.3, 0.4) is 0 Å². The number of carbonyl (C=O) groups is 6. The maximum Gasteiger partial charge on any atom is 0.304 e. The number of hydrogen-bond acceptors (Lipinski definition) is 10. The summed E-state index contributed by atoms with van der Waals surface area (Å²) in [6.45, 7) is 33.4. The van der Waals surface area contributed by atoms with Gasteiger partial charge in [-0.2, -0.15) is 0 Å². The summed E-state index contributed by atoms with van der Waals surface area (Å²) in [5.41, 5.74) is 12.7. The molecular weight excluding hydrogens is 1270 g/mol. The topological polar surface area (TPSA) is 139 Å². The molecule has 14 fully saturated rings. The molecule has 14 saturated carbocycles. The second-order valence-corrected chi connectivity index (χ2v) is 38.7. The fraction of sp³-hybridized carbons (Fsp3) is 0.783. The highest BCUT2D eigenvalue weighted by Crippen LogP contribution is 2.73. The van der Waals surface area contributed by atoms with Crippen molar-refractivity contribution < 1.29 is 47.7 Å². The van der Waals surface area contributed by atoms with Crippen LogP contribution in [-0.4, -0.2) is 58.9 Å². The fourth-order valence-corrected chi connectivity index (χ4v) is 29.8. The Labute approximate surface area is 614 Å². The van der Waals surface area contributed by atoms with Gasteiger partial charge in [0.25, 0.3) is 0 Å². The highest BCUT2D eigenvalue weighted by Gasteiger charge is 2.69. The molecule has 0 heterocycles. The molecule has 10 heteroatoms. The Bertz CT molecular complexity index is 3610. The van der Waals surface area contributed by atoms with E-state index >= 15 is 0 Å². The van der Waals surface area contributed by atoms with Crippen LogP contribution in [0.1, 0.15) is 301 Å². The number of rotatable bonds is 4. The summed E-state index contributed by atoms with van der Waals surface area (Å²) in [6.07, 6.45) is 54.5. The Morgan fingerprint density at radius 1 is 0.382 bits per heavy atom. The van der Waals surface area contributed by atoms with Gasteiger partial charge >= 0.3 is 23.9 Å². The molecule has 0 spiro atoms. The molecule has 556 valence electrons. The summed E-state index contributed by atoms with van der Waals surface area (Å²) in [4.78, 5) is 70.2. The monoisotopic (exact) mass is 1390 g/mol. The largest absolute Gasteiger partial charge is 0.463 e. The lowest BCUT2D eigenvalue weighted by atomic mass is 9.44. The minimum Gasteiger partial charge on any atom is -0.463 e. The third kappa shape index (κ3) is 12.1. The van der Waals surface area contributed by atoms with Crippen molar-refractivity contribution in [3.8, 4) is 24.7 Å². The number of allylic oxidation sites excluding steroid dienone is 4. The SMILES string of the molecule is C#CC1(OC(C)=O)CCC2C3CCC4=CC(=O)CC[C@]4(C)C3CC[C@@]21C.C#CC1(OC(C)=O)CCC2C3CCC4CC(OC(C)=O)CC[C@]4(C)C3CC[C@@]21C.C=C=C1CCC2C3CCC4=CC(=O)CC[C@]4(C)C3CC[C@]12C.C=C=C1CCC2C3CCC4CC(OC(C)=O)CC[C@]4(C)C3CC[C@]12C. The normalized spacial score (nSPS) is 47.9. The Hall–Kier alpha value is -5.14. The van der Waals surface area contributed by atoms with Gasteiger partial charge in [-0.1, -0.05) is 91.5 Å².